The fraction of sp³-hybridized carbons (Fsp3) is 0.545. The number of nitrogens with one attached hydrogen (secondary N) is 1. The molecule has 5 heteroatoms. The fourth-order valence-electron chi connectivity index (χ4n) is 1.82. The van der Waals surface area contributed by atoms with Crippen molar-refractivity contribution in [2.24, 2.45) is 5.73 Å². The van der Waals surface area contributed by atoms with Gasteiger partial charge in [-0.25, -0.2) is 4.79 Å². The highest BCUT2D eigenvalue weighted by atomic mass is 32.1. The molecule has 0 aliphatic carbocycles. The molecule has 0 bridgehead atoms. The van der Waals surface area contributed by atoms with Gasteiger partial charge in [-0.2, -0.15) is 0 Å². The van der Waals surface area contributed by atoms with Crippen LogP contribution in [0, 0.1) is 0 Å². The van der Waals surface area contributed by atoms with Crippen LogP contribution < -0.4 is 11.1 Å². The van der Waals surface area contributed by atoms with Crippen molar-refractivity contribution < 1.29 is 4.79 Å². The standard InChI is InChI=1S/C11H17N3OS/c1-11(2,7-12)14-6-8(13-10(14)15)9-4-3-5-16-9/h3-5,8H,6-7,12H2,1-2H3,(H,13,15). The van der Waals surface area contributed by atoms with Crippen molar-refractivity contribution in [2.75, 3.05) is 13.1 Å². The highest BCUT2D eigenvalue weighted by molar-refractivity contribution is 7.10. The predicted octanol–water partition coefficient (Wildman–Crippen LogP) is 1.55. The number of nitrogens with zero attached hydrogens (tertiary/aromatic N) is 1. The molecule has 88 valence electrons. The molecule has 1 unspecified atom stereocenters. The van der Waals surface area contributed by atoms with Crippen LogP contribution in [0.3, 0.4) is 0 Å². The van der Waals surface area contributed by atoms with E-state index in [0.29, 0.717) is 13.1 Å². The molecule has 1 atom stereocenters. The van der Waals surface area contributed by atoms with Crippen LogP contribution in [0.25, 0.3) is 0 Å². The van der Waals surface area contributed by atoms with E-state index in [9.17, 15) is 4.79 Å². The van der Waals surface area contributed by atoms with Crippen LogP contribution in [-0.2, 0) is 0 Å². The molecule has 2 rings (SSSR count). The van der Waals surface area contributed by atoms with Crippen LogP contribution in [0.15, 0.2) is 17.5 Å². The van der Waals surface area contributed by atoms with Crippen molar-refractivity contribution in [3.63, 3.8) is 0 Å². The number of amides is 2. The lowest BCUT2D eigenvalue weighted by Crippen LogP contribution is -2.50. The molecule has 3 N–H and O–H groups in total. The summed E-state index contributed by atoms with van der Waals surface area (Å²) in [7, 11) is 0. The smallest absolute Gasteiger partial charge is 0.318 e. The van der Waals surface area contributed by atoms with E-state index < -0.39 is 0 Å². The Morgan fingerprint density at radius 2 is 2.44 bits per heavy atom. The van der Waals surface area contributed by atoms with Crippen LogP contribution in [0.1, 0.15) is 24.8 Å². The molecule has 2 heterocycles. The number of hydrogen-bond donors (Lipinski definition) is 2. The van der Waals surface area contributed by atoms with Crippen molar-refractivity contribution in [1.29, 1.82) is 0 Å². The van der Waals surface area contributed by atoms with E-state index >= 15 is 0 Å². The third kappa shape index (κ3) is 1.92. The number of thiophene rings is 1. The van der Waals surface area contributed by atoms with Crippen molar-refractivity contribution >= 4 is 17.4 Å². The molecular weight excluding hydrogens is 222 g/mol. The van der Waals surface area contributed by atoms with Gasteiger partial charge in [-0.1, -0.05) is 6.07 Å². The molecule has 1 aliphatic heterocycles. The zero-order valence-electron chi connectivity index (χ0n) is 9.56. The summed E-state index contributed by atoms with van der Waals surface area (Å²) in [5.74, 6) is 0. The van der Waals surface area contributed by atoms with E-state index in [1.54, 1.807) is 11.3 Å². The van der Waals surface area contributed by atoms with Gasteiger partial charge < -0.3 is 16.0 Å². The van der Waals surface area contributed by atoms with Crippen LogP contribution in [-0.4, -0.2) is 29.6 Å². The Balaban J connectivity index is 2.14. The first kappa shape index (κ1) is 11.4. The van der Waals surface area contributed by atoms with E-state index in [-0.39, 0.29) is 17.6 Å². The number of carbonyl (C=O) groups is 1. The van der Waals surface area contributed by atoms with Gasteiger partial charge >= 0.3 is 6.03 Å². The summed E-state index contributed by atoms with van der Waals surface area (Å²) in [6, 6.07) is 4.14. The first-order valence-electron chi connectivity index (χ1n) is 5.36. The summed E-state index contributed by atoms with van der Waals surface area (Å²) >= 11 is 1.67. The summed E-state index contributed by atoms with van der Waals surface area (Å²) in [6.07, 6.45) is 0. The molecule has 0 radical (unpaired) electrons. The molecular formula is C11H17N3OS. The number of hydrogen-bond acceptors (Lipinski definition) is 3. The Morgan fingerprint density at radius 3 is 3.00 bits per heavy atom. The predicted molar refractivity (Wildman–Crippen MR) is 65.4 cm³/mol. The Morgan fingerprint density at radius 1 is 1.69 bits per heavy atom. The number of nitrogens with two attached hydrogens (primary N) is 1. The molecule has 2 amide bonds. The van der Waals surface area contributed by atoms with E-state index in [2.05, 4.69) is 11.4 Å². The van der Waals surface area contributed by atoms with Gasteiger partial charge in [-0.15, -0.1) is 11.3 Å². The van der Waals surface area contributed by atoms with Crippen molar-refractivity contribution in [1.82, 2.24) is 10.2 Å². The van der Waals surface area contributed by atoms with Crippen molar-refractivity contribution in [3.8, 4) is 0 Å². The highest BCUT2D eigenvalue weighted by Gasteiger charge is 2.38. The average Bonchev–Trinajstić information content (AvgIpc) is 2.85. The van der Waals surface area contributed by atoms with Crippen molar-refractivity contribution in [3.05, 3.63) is 22.4 Å². The lowest BCUT2D eigenvalue weighted by atomic mass is 10.0. The third-order valence-electron chi connectivity index (χ3n) is 3.02. The molecule has 16 heavy (non-hydrogen) atoms. The molecule has 1 aromatic rings. The monoisotopic (exact) mass is 239 g/mol. The molecule has 4 nitrogen and oxygen atoms in total. The maximum atomic E-state index is 11.8. The Bertz CT molecular complexity index is 375. The Kier molecular flexibility index (Phi) is 2.90. The first-order chi connectivity index (χ1) is 7.54. The third-order valence-corrected chi connectivity index (χ3v) is 4.01. The second-order valence-corrected chi connectivity index (χ2v) is 5.62. The largest absolute Gasteiger partial charge is 0.329 e. The molecule has 0 spiro atoms. The lowest BCUT2D eigenvalue weighted by Gasteiger charge is -2.33. The molecule has 1 fully saturated rings. The molecule has 1 aromatic heterocycles. The van der Waals surface area contributed by atoms with Crippen LogP contribution in [0.4, 0.5) is 4.79 Å². The fourth-order valence-corrected chi connectivity index (χ4v) is 2.59. The van der Waals surface area contributed by atoms with Gasteiger partial charge in [0.05, 0.1) is 11.6 Å². The van der Waals surface area contributed by atoms with E-state index in [1.165, 1.54) is 4.88 Å². The number of urea groups is 1. The number of rotatable bonds is 3. The topological polar surface area (TPSA) is 58.4 Å². The zero-order chi connectivity index (χ0) is 11.8. The summed E-state index contributed by atoms with van der Waals surface area (Å²) in [4.78, 5) is 14.9. The first-order valence-corrected chi connectivity index (χ1v) is 6.24. The maximum Gasteiger partial charge on any atom is 0.318 e. The van der Waals surface area contributed by atoms with E-state index in [1.807, 2.05) is 30.2 Å². The molecule has 0 aromatic carbocycles. The Hall–Kier alpha value is -1.07. The quantitative estimate of drug-likeness (QED) is 0.841. The molecule has 0 saturated carbocycles. The number of carbonyl (C=O) groups excluding carboxylic acids is 1. The van der Waals surface area contributed by atoms with Gasteiger partial charge in [-0.05, 0) is 25.3 Å². The van der Waals surface area contributed by atoms with E-state index in [0.717, 1.165) is 0 Å². The maximum absolute atomic E-state index is 11.8. The SMILES string of the molecule is CC(C)(CN)N1CC(c2cccs2)NC1=O. The van der Waals surface area contributed by atoms with Crippen molar-refractivity contribution in [2.45, 2.75) is 25.4 Å². The van der Waals surface area contributed by atoms with Crippen LogP contribution >= 0.6 is 11.3 Å². The second-order valence-electron chi connectivity index (χ2n) is 4.64. The lowest BCUT2D eigenvalue weighted by molar-refractivity contribution is 0.163. The van der Waals surface area contributed by atoms with Gasteiger partial charge in [0.25, 0.3) is 0 Å². The molecule has 1 saturated heterocycles. The minimum Gasteiger partial charge on any atom is -0.329 e. The minimum atomic E-state index is -0.282. The van der Waals surface area contributed by atoms with Gasteiger partial charge in [0.15, 0.2) is 0 Å². The molecule has 1 aliphatic rings. The van der Waals surface area contributed by atoms with E-state index in [4.69, 9.17) is 5.73 Å². The Labute approximate surface area is 99.4 Å². The average molecular weight is 239 g/mol. The normalized spacial score (nSPS) is 21.3. The van der Waals surface area contributed by atoms with Crippen LogP contribution in [0.5, 0.6) is 0 Å². The zero-order valence-corrected chi connectivity index (χ0v) is 10.4. The van der Waals surface area contributed by atoms with Gasteiger partial charge in [0.1, 0.15) is 0 Å². The van der Waals surface area contributed by atoms with Gasteiger partial charge in [0.2, 0.25) is 0 Å². The summed E-state index contributed by atoms with van der Waals surface area (Å²) < 4.78 is 0. The highest BCUT2D eigenvalue weighted by Crippen LogP contribution is 2.28. The second kappa shape index (κ2) is 4.07. The van der Waals surface area contributed by atoms with Gasteiger partial charge in [0, 0.05) is 18.0 Å². The van der Waals surface area contributed by atoms with Crippen LogP contribution in [0.2, 0.25) is 0 Å². The summed E-state index contributed by atoms with van der Waals surface area (Å²) in [5.41, 5.74) is 5.41. The minimum absolute atomic E-state index is 0.0196. The van der Waals surface area contributed by atoms with Gasteiger partial charge in [-0.3, -0.25) is 0 Å². The summed E-state index contributed by atoms with van der Waals surface area (Å²) in [5, 5.41) is 5.01. The summed E-state index contributed by atoms with van der Waals surface area (Å²) in [6.45, 7) is 5.15.